The van der Waals surface area contributed by atoms with Crippen LogP contribution in [-0.4, -0.2) is 72.9 Å². The first-order chi connectivity index (χ1) is 16.1. The minimum atomic E-state index is -4.23. The molecule has 0 amide bonds. The maximum Gasteiger partial charge on any atom is 3.00 e. The van der Waals surface area contributed by atoms with Crippen LogP contribution in [0.2, 0.25) is 0 Å². The molecule has 9 nitrogen and oxygen atoms in total. The van der Waals surface area contributed by atoms with Crippen LogP contribution in [0.1, 0.15) is 60.8 Å². The molecule has 0 N–H and O–H groups in total. The molecule has 0 radical (unpaired) electrons. The Morgan fingerprint density at radius 1 is 0.541 bits per heavy atom. The molecular weight excluding hydrogens is 598 g/mol. The van der Waals surface area contributed by atoms with Gasteiger partial charge in [-0.1, -0.05) is 71.4 Å². The molecule has 3 aliphatic carbocycles. The number of hydrogen-bond donors (Lipinski definition) is 0. The second-order valence-corrected chi connectivity index (χ2v) is 15.3. The molecule has 0 heterocycles. The summed E-state index contributed by atoms with van der Waals surface area (Å²) >= 11 is 0. The molecule has 0 fully saturated rings. The number of hydrogen-bond acceptors (Lipinski definition) is 9. The van der Waals surface area contributed by atoms with Crippen LogP contribution in [0.15, 0.2) is 71.4 Å². The summed E-state index contributed by atoms with van der Waals surface area (Å²) in [5, 5.41) is 0. The average Bonchev–Trinajstić information content (AvgIpc) is 2.73. The van der Waals surface area contributed by atoms with Crippen molar-refractivity contribution in [3.8, 4) is 0 Å². The summed E-state index contributed by atoms with van der Waals surface area (Å²) in [6, 6.07) is 0. The molecule has 204 valence electrons. The fourth-order valence-corrected chi connectivity index (χ4v) is 4.55. The molecule has 0 saturated heterocycles. The third-order valence-corrected chi connectivity index (χ3v) is 10.6. The van der Waals surface area contributed by atoms with Crippen LogP contribution in [0.3, 0.4) is 0 Å². The Morgan fingerprint density at radius 3 is 0.838 bits per heavy atom. The molecule has 0 aromatic carbocycles. The zero-order valence-electron chi connectivity index (χ0n) is 21.8. The normalized spacial score (nSPS) is 29.3. The maximum atomic E-state index is 10.8. The van der Waals surface area contributed by atoms with Crippen molar-refractivity contribution in [3.05, 3.63) is 71.4 Å². The van der Waals surface area contributed by atoms with Crippen molar-refractivity contribution in [1.29, 1.82) is 0 Å². The third-order valence-electron chi connectivity index (χ3n) is 6.30. The van der Waals surface area contributed by atoms with Gasteiger partial charge in [0.05, 0.1) is 14.2 Å². The predicted octanol–water partition coefficient (Wildman–Crippen LogP) is 3.21. The number of allylic oxidation sites excluding steroid dienone is 9. The second-order valence-electron chi connectivity index (χ2n) is 9.76. The van der Waals surface area contributed by atoms with Gasteiger partial charge in [-0.2, -0.15) is 0 Å². The zero-order valence-corrected chi connectivity index (χ0v) is 26.7. The van der Waals surface area contributed by atoms with Crippen LogP contribution in [0.5, 0.6) is 0 Å². The van der Waals surface area contributed by atoms with Crippen molar-refractivity contribution in [3.63, 3.8) is 0 Å². The maximum absolute atomic E-state index is 10.8. The van der Waals surface area contributed by atoms with Crippen LogP contribution in [0, 0.1) is 0 Å². The Bertz CT molecular complexity index is 1180. The van der Waals surface area contributed by atoms with E-state index in [-0.39, 0.29) is 39.1 Å². The molecule has 0 spiro atoms. The van der Waals surface area contributed by atoms with Crippen molar-refractivity contribution in [2.45, 2.75) is 75.0 Å². The molecule has 0 aromatic rings. The van der Waals surface area contributed by atoms with Gasteiger partial charge in [-0.15, -0.1) is 0 Å². The smallest absolute Gasteiger partial charge is 0.747 e. The quantitative estimate of drug-likeness (QED) is 0.335. The first-order valence-corrected chi connectivity index (χ1v) is 15.2. The molecule has 0 aliphatic heterocycles. The molecule has 13 heteroatoms. The fourth-order valence-electron chi connectivity index (χ4n) is 2.98. The van der Waals surface area contributed by atoms with Gasteiger partial charge in [0, 0.05) is 0 Å². The molecule has 3 unspecified atom stereocenters. The largest absolute Gasteiger partial charge is 3.00 e. The topological polar surface area (TPSA) is 172 Å². The van der Waals surface area contributed by atoms with E-state index in [0.717, 1.165) is 16.7 Å². The zero-order chi connectivity index (χ0) is 28.2. The first kappa shape index (κ1) is 35.8. The summed E-state index contributed by atoms with van der Waals surface area (Å²) in [4.78, 5) is 0. The van der Waals surface area contributed by atoms with Crippen LogP contribution >= 0.6 is 0 Å². The van der Waals surface area contributed by atoms with E-state index in [1.165, 1.54) is 39.0 Å². The van der Waals surface area contributed by atoms with Gasteiger partial charge in [-0.3, -0.25) is 0 Å². The van der Waals surface area contributed by atoms with Crippen molar-refractivity contribution < 1.29 is 38.9 Å². The minimum Gasteiger partial charge on any atom is -0.747 e. The molecular formula is C24H33GaO9S3. The van der Waals surface area contributed by atoms with E-state index >= 15 is 0 Å². The summed E-state index contributed by atoms with van der Waals surface area (Å²) in [7, 11) is -12.7. The number of rotatable bonds is 3. The van der Waals surface area contributed by atoms with Crippen LogP contribution in [0.25, 0.3) is 0 Å². The van der Waals surface area contributed by atoms with E-state index in [0.29, 0.717) is 0 Å². The molecule has 0 bridgehead atoms. The third kappa shape index (κ3) is 9.81. The monoisotopic (exact) mass is 630 g/mol. The van der Waals surface area contributed by atoms with Gasteiger partial charge in [-0.05, 0) is 60.8 Å². The summed E-state index contributed by atoms with van der Waals surface area (Å²) in [5.41, 5.74) is 2.99. The standard InChI is InChI=1S/3C8H12O3S.Ga/c3*1-7-3-5-8(2,6-4-7)12(9,10)11;/h3*3-5H,6H2,1-2H3,(H,9,10,11);/q;;;+3/p-3. The summed E-state index contributed by atoms with van der Waals surface area (Å²) < 4.78 is 93.3. The van der Waals surface area contributed by atoms with Crippen LogP contribution in [0.4, 0.5) is 0 Å². The summed E-state index contributed by atoms with van der Waals surface area (Å²) in [6.45, 7) is 9.92. The molecule has 0 saturated carbocycles. The van der Waals surface area contributed by atoms with E-state index < -0.39 is 44.6 Å². The van der Waals surface area contributed by atoms with E-state index in [1.54, 1.807) is 36.5 Å². The first-order valence-electron chi connectivity index (χ1n) is 11.0. The van der Waals surface area contributed by atoms with Crippen LogP contribution < -0.4 is 0 Å². The van der Waals surface area contributed by atoms with Gasteiger partial charge in [0.2, 0.25) is 0 Å². The Morgan fingerprint density at radius 2 is 0.730 bits per heavy atom. The van der Waals surface area contributed by atoms with Gasteiger partial charge < -0.3 is 13.7 Å². The van der Waals surface area contributed by atoms with Gasteiger partial charge in [0.1, 0.15) is 30.4 Å². The van der Waals surface area contributed by atoms with E-state index in [1.807, 2.05) is 20.8 Å². The van der Waals surface area contributed by atoms with Crippen molar-refractivity contribution in [1.82, 2.24) is 0 Å². The fraction of sp³-hybridized carbons (Fsp3) is 0.500. The van der Waals surface area contributed by atoms with E-state index in [9.17, 15) is 38.9 Å². The summed E-state index contributed by atoms with van der Waals surface area (Å²) in [5.74, 6) is 0. The van der Waals surface area contributed by atoms with Gasteiger partial charge in [-0.25, -0.2) is 25.3 Å². The van der Waals surface area contributed by atoms with Crippen molar-refractivity contribution in [2.24, 2.45) is 0 Å². The van der Waals surface area contributed by atoms with E-state index in [2.05, 4.69) is 0 Å². The Hall–Kier alpha value is -1.19. The second kappa shape index (κ2) is 12.8. The molecule has 37 heavy (non-hydrogen) atoms. The van der Waals surface area contributed by atoms with E-state index in [4.69, 9.17) is 0 Å². The molecule has 3 aliphatic rings. The average molecular weight is 631 g/mol. The summed E-state index contributed by atoms with van der Waals surface area (Å²) in [6.07, 6.45) is 15.5. The van der Waals surface area contributed by atoms with Gasteiger partial charge in [0.15, 0.2) is 0 Å². The van der Waals surface area contributed by atoms with Crippen LogP contribution in [-0.2, 0) is 30.4 Å². The van der Waals surface area contributed by atoms with Gasteiger partial charge >= 0.3 is 19.8 Å². The molecule has 3 atom stereocenters. The molecule has 3 rings (SSSR count). The minimum absolute atomic E-state index is 0. The van der Waals surface area contributed by atoms with Crippen molar-refractivity contribution >= 4 is 50.1 Å². The van der Waals surface area contributed by atoms with Crippen molar-refractivity contribution in [2.75, 3.05) is 0 Å². The Labute approximate surface area is 234 Å². The Balaban J connectivity index is 0.000000518. The van der Waals surface area contributed by atoms with Gasteiger partial charge in [0.25, 0.3) is 0 Å². The SMILES string of the molecule is CC1=CCC(C)(S(=O)(=O)[O-])C=C1.CC1=CCC(C)(S(=O)(=O)[O-])C=C1.CC1=CCC(C)(S(=O)(=O)[O-])C=C1.[Ga+3]. The Kier molecular flexibility index (Phi) is 12.4. The predicted molar refractivity (Wildman–Crippen MR) is 143 cm³/mol. The molecule has 0 aromatic heterocycles.